The summed E-state index contributed by atoms with van der Waals surface area (Å²) in [5, 5.41) is 0.638. The zero-order chi connectivity index (χ0) is 26.6. The molecule has 196 valence electrons. The molecule has 3 aromatic rings. The minimum atomic E-state index is -3.66. The van der Waals surface area contributed by atoms with Crippen LogP contribution in [-0.2, 0) is 10.0 Å². The summed E-state index contributed by atoms with van der Waals surface area (Å²) in [6, 6.07) is 12.4. The molecule has 0 aliphatic rings. The van der Waals surface area contributed by atoms with Crippen molar-refractivity contribution in [2.75, 3.05) is 45.2 Å². The number of anilines is 1. The van der Waals surface area contributed by atoms with Gasteiger partial charge in [-0.3, -0.25) is 9.69 Å². The first kappa shape index (κ1) is 28.2. The number of hydrogen-bond donors (Lipinski definition) is 0. The van der Waals surface area contributed by atoms with E-state index in [4.69, 9.17) is 4.98 Å². The maximum atomic E-state index is 13.6. The summed E-state index contributed by atoms with van der Waals surface area (Å²) < 4.78 is 29.3. The van der Waals surface area contributed by atoms with E-state index in [0.717, 1.165) is 15.8 Å². The predicted octanol–water partition coefficient (Wildman–Crippen LogP) is 5.12. The Balaban J connectivity index is 1.91. The van der Waals surface area contributed by atoms with Crippen LogP contribution < -0.4 is 4.90 Å². The molecule has 3 rings (SSSR count). The van der Waals surface area contributed by atoms with E-state index in [0.29, 0.717) is 36.9 Å². The molecule has 0 N–H and O–H groups in total. The number of aryl methyl sites for hydroxylation is 1. The van der Waals surface area contributed by atoms with Crippen LogP contribution >= 0.6 is 11.3 Å². The lowest BCUT2D eigenvalue weighted by atomic mass is 10.2. The summed E-state index contributed by atoms with van der Waals surface area (Å²) in [5.41, 5.74) is 2.44. The number of rotatable bonds is 11. The number of carbonyl (C=O) groups is 1. The highest BCUT2D eigenvalue weighted by Gasteiger charge is 2.27. The molecule has 1 aromatic heterocycles. The van der Waals surface area contributed by atoms with Crippen LogP contribution in [0.15, 0.2) is 47.4 Å². The third-order valence-corrected chi connectivity index (χ3v) is 8.54. The Labute approximate surface area is 219 Å². The number of fused-ring (bicyclic) bond motifs is 1. The van der Waals surface area contributed by atoms with E-state index < -0.39 is 10.0 Å². The second kappa shape index (κ2) is 11.8. The lowest BCUT2D eigenvalue weighted by Crippen LogP contribution is -2.37. The van der Waals surface area contributed by atoms with Crippen molar-refractivity contribution in [1.29, 1.82) is 0 Å². The van der Waals surface area contributed by atoms with E-state index in [-0.39, 0.29) is 22.6 Å². The second-order valence-corrected chi connectivity index (χ2v) is 13.3. The van der Waals surface area contributed by atoms with Gasteiger partial charge in [-0.2, -0.15) is 4.31 Å². The quantitative estimate of drug-likeness (QED) is 0.344. The zero-order valence-electron chi connectivity index (χ0n) is 22.4. The van der Waals surface area contributed by atoms with Crippen molar-refractivity contribution in [1.82, 2.24) is 14.2 Å². The third kappa shape index (κ3) is 6.91. The highest BCUT2D eigenvalue weighted by Crippen LogP contribution is 2.30. The van der Waals surface area contributed by atoms with Gasteiger partial charge in [-0.25, -0.2) is 13.4 Å². The van der Waals surface area contributed by atoms with Crippen molar-refractivity contribution in [3.05, 3.63) is 53.6 Å². The number of amides is 1. The van der Waals surface area contributed by atoms with Crippen LogP contribution in [-0.4, -0.2) is 68.8 Å². The van der Waals surface area contributed by atoms with E-state index in [9.17, 15) is 13.2 Å². The smallest absolute Gasteiger partial charge is 0.260 e. The van der Waals surface area contributed by atoms with Crippen molar-refractivity contribution >= 4 is 42.6 Å². The molecule has 0 spiro atoms. The second-order valence-electron chi connectivity index (χ2n) is 10.4. The van der Waals surface area contributed by atoms with Gasteiger partial charge in [-0.1, -0.05) is 45.1 Å². The molecular weight excluding hydrogens is 492 g/mol. The summed E-state index contributed by atoms with van der Waals surface area (Å²) in [4.78, 5) is 22.2. The Morgan fingerprint density at radius 3 is 2.11 bits per heavy atom. The topological polar surface area (TPSA) is 73.8 Å². The van der Waals surface area contributed by atoms with E-state index >= 15 is 0 Å². The van der Waals surface area contributed by atoms with Gasteiger partial charge >= 0.3 is 0 Å². The summed E-state index contributed by atoms with van der Waals surface area (Å²) in [6.45, 7) is 12.1. The van der Waals surface area contributed by atoms with E-state index in [1.807, 2.05) is 65.7 Å². The van der Waals surface area contributed by atoms with Crippen molar-refractivity contribution in [2.45, 2.75) is 39.5 Å². The number of thiazole rings is 1. The van der Waals surface area contributed by atoms with Crippen LogP contribution in [0.3, 0.4) is 0 Å². The largest absolute Gasteiger partial charge is 0.308 e. The molecule has 9 heteroatoms. The van der Waals surface area contributed by atoms with Gasteiger partial charge < -0.3 is 4.90 Å². The van der Waals surface area contributed by atoms with Gasteiger partial charge in [0.05, 0.1) is 15.1 Å². The summed E-state index contributed by atoms with van der Waals surface area (Å²) >= 11 is 1.49. The standard InChI is InChI=1S/C27H38N4O3S2/c1-19(2)17-30(18-20(3)4)36(33,34)23-11-9-22(10-12-23)26(32)31(15-14-29(6)7)27-28-24-13-8-21(5)16-25(24)35-27/h8-13,16,19-20H,14-15,17-18H2,1-7H3. The normalized spacial score (nSPS) is 12.4. The Bertz CT molecular complexity index is 1270. The molecule has 1 amide bonds. The fourth-order valence-corrected chi connectivity index (χ4v) is 6.73. The SMILES string of the molecule is Cc1ccc2nc(N(CCN(C)C)C(=O)c3ccc(S(=O)(=O)N(CC(C)C)CC(C)C)cc3)sc2c1. The van der Waals surface area contributed by atoms with Crippen LogP contribution in [0.2, 0.25) is 0 Å². The highest BCUT2D eigenvalue weighted by atomic mass is 32.2. The molecule has 0 fully saturated rings. The van der Waals surface area contributed by atoms with Gasteiger partial charge in [-0.05, 0) is 74.8 Å². The monoisotopic (exact) mass is 530 g/mol. The molecule has 36 heavy (non-hydrogen) atoms. The molecule has 2 aromatic carbocycles. The van der Waals surface area contributed by atoms with Crippen LogP contribution in [0, 0.1) is 18.8 Å². The average Bonchev–Trinajstić information content (AvgIpc) is 3.20. The first-order valence-electron chi connectivity index (χ1n) is 12.3. The Hall–Kier alpha value is -2.33. The van der Waals surface area contributed by atoms with Gasteiger partial charge in [0.2, 0.25) is 10.0 Å². The van der Waals surface area contributed by atoms with E-state index in [1.54, 1.807) is 33.5 Å². The lowest BCUT2D eigenvalue weighted by Gasteiger charge is -2.26. The van der Waals surface area contributed by atoms with Crippen molar-refractivity contribution in [3.63, 3.8) is 0 Å². The number of carbonyl (C=O) groups excluding carboxylic acids is 1. The molecule has 7 nitrogen and oxygen atoms in total. The number of aromatic nitrogens is 1. The summed E-state index contributed by atoms with van der Waals surface area (Å²) in [7, 11) is 0.267. The first-order valence-corrected chi connectivity index (χ1v) is 14.6. The van der Waals surface area contributed by atoms with Crippen molar-refractivity contribution < 1.29 is 13.2 Å². The van der Waals surface area contributed by atoms with Crippen LogP contribution in [0.1, 0.15) is 43.6 Å². The summed E-state index contributed by atoms with van der Waals surface area (Å²) in [6.07, 6.45) is 0. The molecule has 0 radical (unpaired) electrons. The van der Waals surface area contributed by atoms with Crippen molar-refractivity contribution in [3.8, 4) is 0 Å². The highest BCUT2D eigenvalue weighted by molar-refractivity contribution is 7.89. The van der Waals surface area contributed by atoms with Gasteiger partial charge in [0, 0.05) is 31.7 Å². The average molecular weight is 531 g/mol. The molecule has 0 aliphatic carbocycles. The minimum Gasteiger partial charge on any atom is -0.308 e. The third-order valence-electron chi connectivity index (χ3n) is 5.66. The number of nitrogens with zero attached hydrogens (tertiary/aromatic N) is 4. The van der Waals surface area contributed by atoms with E-state index in [2.05, 4.69) is 6.07 Å². The molecule has 0 atom stereocenters. The Morgan fingerprint density at radius 2 is 1.56 bits per heavy atom. The number of benzene rings is 2. The number of likely N-dealkylation sites (N-methyl/N-ethyl adjacent to an activating group) is 1. The molecule has 0 unspecified atom stereocenters. The van der Waals surface area contributed by atoms with Gasteiger partial charge in [-0.15, -0.1) is 0 Å². The number of sulfonamides is 1. The number of hydrogen-bond acceptors (Lipinski definition) is 6. The first-order chi connectivity index (χ1) is 16.9. The maximum Gasteiger partial charge on any atom is 0.260 e. The Kier molecular flexibility index (Phi) is 9.27. The molecule has 0 aliphatic heterocycles. The van der Waals surface area contributed by atoms with Crippen LogP contribution in [0.5, 0.6) is 0 Å². The summed E-state index contributed by atoms with van der Waals surface area (Å²) in [5.74, 6) is 0.224. The minimum absolute atomic E-state index is 0.196. The molecule has 0 saturated carbocycles. The van der Waals surface area contributed by atoms with Crippen LogP contribution in [0.25, 0.3) is 10.2 Å². The fourth-order valence-electron chi connectivity index (χ4n) is 3.88. The lowest BCUT2D eigenvalue weighted by molar-refractivity contribution is 0.0985. The molecular formula is C27H38N4O3S2. The maximum absolute atomic E-state index is 13.6. The van der Waals surface area contributed by atoms with E-state index in [1.165, 1.54) is 11.3 Å². The Morgan fingerprint density at radius 1 is 0.944 bits per heavy atom. The van der Waals surface area contributed by atoms with Gasteiger partial charge in [0.1, 0.15) is 0 Å². The molecule has 0 bridgehead atoms. The molecule has 1 heterocycles. The zero-order valence-corrected chi connectivity index (χ0v) is 24.0. The molecule has 0 saturated heterocycles. The van der Waals surface area contributed by atoms with Crippen LogP contribution in [0.4, 0.5) is 5.13 Å². The van der Waals surface area contributed by atoms with Crippen molar-refractivity contribution in [2.24, 2.45) is 11.8 Å². The van der Waals surface area contributed by atoms with Gasteiger partial charge in [0.25, 0.3) is 5.91 Å². The predicted molar refractivity (Wildman–Crippen MR) is 149 cm³/mol. The fraction of sp³-hybridized carbons (Fsp3) is 0.481. The van der Waals surface area contributed by atoms with Gasteiger partial charge in [0.15, 0.2) is 5.13 Å².